The average Bonchev–Trinajstić information content (AvgIpc) is 3.34. The minimum Gasteiger partial charge on any atom is -0.381 e. The Morgan fingerprint density at radius 2 is 2.04 bits per heavy atom. The third kappa shape index (κ3) is 3.18. The monoisotopic (exact) mass is 396 g/mol. The van der Waals surface area contributed by atoms with E-state index in [9.17, 15) is 8.42 Å². The van der Waals surface area contributed by atoms with Crippen molar-refractivity contribution in [3.05, 3.63) is 18.3 Å². The lowest BCUT2D eigenvalue weighted by Gasteiger charge is -2.36. The van der Waals surface area contributed by atoms with E-state index < -0.39 is 10.2 Å². The van der Waals surface area contributed by atoms with Crippen LogP contribution in [0.5, 0.6) is 0 Å². The first-order valence-corrected chi connectivity index (χ1v) is 10.3. The van der Waals surface area contributed by atoms with Crippen LogP contribution in [0.3, 0.4) is 0 Å². The van der Waals surface area contributed by atoms with Gasteiger partial charge in [0.15, 0.2) is 5.82 Å². The third-order valence-corrected chi connectivity index (χ3v) is 7.42. The Hall–Kier alpha value is -1.82. The number of rotatable bonds is 4. The molecular formula is C16H24N6O4S. The first-order valence-electron chi connectivity index (χ1n) is 8.89. The maximum Gasteiger partial charge on any atom is 0.281 e. The van der Waals surface area contributed by atoms with Gasteiger partial charge in [0.05, 0.1) is 6.33 Å². The number of hydrogen-bond donors (Lipinski definition) is 0. The third-order valence-electron chi connectivity index (χ3n) is 5.57. The Balaban J connectivity index is 1.68. The van der Waals surface area contributed by atoms with Crippen molar-refractivity contribution in [2.24, 2.45) is 12.5 Å². The minimum absolute atomic E-state index is 0.141. The van der Waals surface area contributed by atoms with Crippen LogP contribution < -0.4 is 0 Å². The molecule has 0 aliphatic carbocycles. The summed E-state index contributed by atoms with van der Waals surface area (Å²) < 4.78 is 41.0. The first kappa shape index (κ1) is 18.5. The van der Waals surface area contributed by atoms with Gasteiger partial charge >= 0.3 is 0 Å². The molecule has 0 saturated carbocycles. The largest absolute Gasteiger partial charge is 0.381 e. The maximum atomic E-state index is 12.7. The number of nitrogens with zero attached hydrogens (tertiary/aromatic N) is 6. The fourth-order valence-electron chi connectivity index (χ4n) is 3.97. The van der Waals surface area contributed by atoms with Gasteiger partial charge in [-0.25, -0.2) is 4.98 Å². The highest BCUT2D eigenvalue weighted by atomic mass is 32.2. The predicted octanol–water partition coefficient (Wildman–Crippen LogP) is 0.472. The van der Waals surface area contributed by atoms with E-state index in [-0.39, 0.29) is 11.3 Å². The molecule has 4 rings (SSSR count). The Morgan fingerprint density at radius 3 is 2.67 bits per heavy atom. The second-order valence-corrected chi connectivity index (χ2v) is 9.63. The number of aromatic nitrogens is 4. The number of aryl methyl sites for hydroxylation is 1. The molecule has 2 fully saturated rings. The van der Waals surface area contributed by atoms with Gasteiger partial charge in [-0.05, 0) is 18.3 Å². The molecule has 0 bridgehead atoms. The van der Waals surface area contributed by atoms with Gasteiger partial charge in [0.2, 0.25) is 0 Å². The number of imidazole rings is 1. The van der Waals surface area contributed by atoms with E-state index >= 15 is 0 Å². The zero-order chi connectivity index (χ0) is 19.2. The van der Waals surface area contributed by atoms with Crippen LogP contribution >= 0.6 is 0 Å². The fraction of sp³-hybridized carbons (Fsp3) is 0.688. The van der Waals surface area contributed by atoms with E-state index in [1.165, 1.54) is 8.61 Å². The van der Waals surface area contributed by atoms with Crippen LogP contribution in [0.4, 0.5) is 0 Å². The van der Waals surface area contributed by atoms with Crippen LogP contribution in [0.2, 0.25) is 0 Å². The SMILES string of the molecule is CN(C)S(=O)(=O)N1CC(c2noc(-c3cn(C)cn3)n2)C2(CCOCC2)C1. The molecule has 11 heteroatoms. The molecule has 1 unspecified atom stereocenters. The lowest BCUT2D eigenvalue weighted by molar-refractivity contribution is 0.0131. The Labute approximate surface area is 158 Å². The summed E-state index contributed by atoms with van der Waals surface area (Å²) in [5.41, 5.74) is 0.361. The molecule has 1 spiro atoms. The van der Waals surface area contributed by atoms with E-state index in [1.54, 1.807) is 31.2 Å². The van der Waals surface area contributed by atoms with E-state index in [2.05, 4.69) is 15.1 Å². The van der Waals surface area contributed by atoms with Gasteiger partial charge in [-0.3, -0.25) is 0 Å². The van der Waals surface area contributed by atoms with Crippen molar-refractivity contribution in [2.75, 3.05) is 40.4 Å². The molecule has 0 N–H and O–H groups in total. The fourth-order valence-corrected chi connectivity index (χ4v) is 5.19. The molecule has 0 aromatic carbocycles. The Kier molecular flexibility index (Phi) is 4.57. The molecule has 2 aliphatic heterocycles. The highest BCUT2D eigenvalue weighted by molar-refractivity contribution is 7.86. The number of ether oxygens (including phenoxy) is 1. The summed E-state index contributed by atoms with van der Waals surface area (Å²) in [6.07, 6.45) is 5.01. The highest BCUT2D eigenvalue weighted by Gasteiger charge is 2.53. The molecule has 2 aromatic rings. The van der Waals surface area contributed by atoms with Gasteiger partial charge < -0.3 is 13.8 Å². The second kappa shape index (κ2) is 6.66. The summed E-state index contributed by atoms with van der Waals surface area (Å²) in [6.45, 7) is 1.99. The highest BCUT2D eigenvalue weighted by Crippen LogP contribution is 2.49. The van der Waals surface area contributed by atoms with Gasteiger partial charge in [0.25, 0.3) is 16.1 Å². The molecule has 2 aliphatic rings. The van der Waals surface area contributed by atoms with Crippen LogP contribution in [0.1, 0.15) is 24.6 Å². The smallest absolute Gasteiger partial charge is 0.281 e. The quantitative estimate of drug-likeness (QED) is 0.739. The van der Waals surface area contributed by atoms with Crippen LogP contribution in [0, 0.1) is 5.41 Å². The Bertz CT molecular complexity index is 915. The van der Waals surface area contributed by atoms with Gasteiger partial charge in [0.1, 0.15) is 5.69 Å². The molecule has 1 atom stereocenters. The summed E-state index contributed by atoms with van der Waals surface area (Å²) >= 11 is 0. The van der Waals surface area contributed by atoms with Crippen LogP contribution in [-0.4, -0.2) is 77.1 Å². The van der Waals surface area contributed by atoms with Crippen LogP contribution in [0.15, 0.2) is 17.0 Å². The van der Waals surface area contributed by atoms with Crippen molar-refractivity contribution in [1.29, 1.82) is 0 Å². The summed E-state index contributed by atoms with van der Waals surface area (Å²) in [6, 6.07) is 0. The molecule has 10 nitrogen and oxygen atoms in total. The van der Waals surface area contributed by atoms with Crippen molar-refractivity contribution in [3.8, 4) is 11.6 Å². The van der Waals surface area contributed by atoms with Crippen LogP contribution in [0.25, 0.3) is 11.6 Å². The number of hydrogen-bond acceptors (Lipinski definition) is 7. The van der Waals surface area contributed by atoms with E-state index in [0.29, 0.717) is 43.7 Å². The molecule has 0 amide bonds. The summed E-state index contributed by atoms with van der Waals surface area (Å²) in [5.74, 6) is 0.744. The van der Waals surface area contributed by atoms with E-state index in [1.807, 2.05) is 7.05 Å². The summed E-state index contributed by atoms with van der Waals surface area (Å²) in [4.78, 5) is 8.80. The zero-order valence-corrected chi connectivity index (χ0v) is 16.5. The lowest BCUT2D eigenvalue weighted by atomic mass is 9.72. The molecule has 27 heavy (non-hydrogen) atoms. The molecule has 4 heterocycles. The van der Waals surface area contributed by atoms with Gasteiger partial charge in [0, 0.05) is 59.6 Å². The summed E-state index contributed by atoms with van der Waals surface area (Å²) in [5, 5.41) is 4.18. The molecule has 0 radical (unpaired) electrons. The standard InChI is InChI=1S/C16H24N6O4S/c1-20(2)27(23,24)22-8-12(16(10-22)4-6-25-7-5-16)14-18-15(26-19-14)13-9-21(3)11-17-13/h9,11-12H,4-8,10H2,1-3H3. The Morgan fingerprint density at radius 1 is 1.30 bits per heavy atom. The van der Waals surface area contributed by atoms with Crippen molar-refractivity contribution >= 4 is 10.2 Å². The first-order chi connectivity index (χ1) is 12.8. The summed E-state index contributed by atoms with van der Waals surface area (Å²) in [7, 11) is 1.45. The second-order valence-electron chi connectivity index (χ2n) is 7.49. The average molecular weight is 396 g/mol. The molecule has 148 valence electrons. The minimum atomic E-state index is -3.51. The van der Waals surface area contributed by atoms with Crippen molar-refractivity contribution in [2.45, 2.75) is 18.8 Å². The van der Waals surface area contributed by atoms with Crippen molar-refractivity contribution in [1.82, 2.24) is 28.3 Å². The molecule has 2 aromatic heterocycles. The van der Waals surface area contributed by atoms with Gasteiger partial charge in [-0.2, -0.15) is 22.0 Å². The molecule has 2 saturated heterocycles. The zero-order valence-electron chi connectivity index (χ0n) is 15.7. The van der Waals surface area contributed by atoms with Crippen molar-refractivity contribution < 1.29 is 17.7 Å². The van der Waals surface area contributed by atoms with Gasteiger partial charge in [-0.15, -0.1) is 0 Å². The predicted molar refractivity (Wildman–Crippen MR) is 95.9 cm³/mol. The van der Waals surface area contributed by atoms with Gasteiger partial charge in [-0.1, -0.05) is 5.16 Å². The molecular weight excluding hydrogens is 372 g/mol. The van der Waals surface area contributed by atoms with Crippen molar-refractivity contribution in [3.63, 3.8) is 0 Å². The maximum absolute atomic E-state index is 12.7. The lowest BCUT2D eigenvalue weighted by Crippen LogP contribution is -2.41. The topological polar surface area (TPSA) is 107 Å². The van der Waals surface area contributed by atoms with E-state index in [4.69, 9.17) is 9.26 Å². The van der Waals surface area contributed by atoms with Crippen LogP contribution in [-0.2, 0) is 22.0 Å². The normalized spacial score (nSPS) is 23.5. The van der Waals surface area contributed by atoms with E-state index in [0.717, 1.165) is 12.8 Å².